The summed E-state index contributed by atoms with van der Waals surface area (Å²) in [6, 6.07) is 11.1. The van der Waals surface area contributed by atoms with Gasteiger partial charge in [-0.3, -0.25) is 9.98 Å². The first kappa shape index (κ1) is 20.8. The zero-order chi connectivity index (χ0) is 16.5. The molecule has 0 spiro atoms. The van der Waals surface area contributed by atoms with Crippen LogP contribution in [0.4, 0.5) is 0 Å². The summed E-state index contributed by atoms with van der Waals surface area (Å²) >= 11 is 12.0. The van der Waals surface area contributed by atoms with Crippen LogP contribution in [0.3, 0.4) is 0 Å². The number of benzene rings is 1. The van der Waals surface area contributed by atoms with Crippen LogP contribution >= 0.6 is 47.2 Å². The predicted octanol–water partition coefficient (Wildman–Crippen LogP) is 3.75. The van der Waals surface area contributed by atoms with E-state index in [0.717, 1.165) is 5.69 Å². The summed E-state index contributed by atoms with van der Waals surface area (Å²) in [5, 5.41) is 7.23. The van der Waals surface area contributed by atoms with Crippen LogP contribution in [0.1, 0.15) is 5.69 Å². The molecule has 0 saturated heterocycles. The van der Waals surface area contributed by atoms with Crippen LogP contribution in [-0.2, 0) is 6.54 Å². The molecule has 0 aliphatic heterocycles. The van der Waals surface area contributed by atoms with E-state index in [2.05, 4.69) is 20.6 Å². The Kier molecular flexibility index (Phi) is 9.82. The summed E-state index contributed by atoms with van der Waals surface area (Å²) in [6.07, 6.45) is 1.76. The quantitative estimate of drug-likeness (QED) is 0.286. The fourth-order valence-corrected chi connectivity index (χ4v) is 2.17. The molecule has 8 heteroatoms. The number of nitrogens with zero attached hydrogens (tertiary/aromatic N) is 2. The SMILES string of the molecule is CN=C(NCCOc1cccc(Cl)c1Cl)NCc1ccccn1.I. The lowest BCUT2D eigenvalue weighted by Gasteiger charge is -2.13. The van der Waals surface area contributed by atoms with Crippen molar-refractivity contribution in [2.45, 2.75) is 6.54 Å². The highest BCUT2D eigenvalue weighted by Crippen LogP contribution is 2.31. The Labute approximate surface area is 168 Å². The summed E-state index contributed by atoms with van der Waals surface area (Å²) in [4.78, 5) is 8.39. The van der Waals surface area contributed by atoms with Crippen LogP contribution in [-0.4, -0.2) is 31.1 Å². The minimum absolute atomic E-state index is 0. The molecule has 1 heterocycles. The third-order valence-electron chi connectivity index (χ3n) is 2.95. The van der Waals surface area contributed by atoms with E-state index in [-0.39, 0.29) is 24.0 Å². The number of aromatic nitrogens is 1. The lowest BCUT2D eigenvalue weighted by atomic mass is 10.3. The van der Waals surface area contributed by atoms with Crippen molar-refractivity contribution < 1.29 is 4.74 Å². The molecule has 5 nitrogen and oxygen atoms in total. The molecule has 0 amide bonds. The van der Waals surface area contributed by atoms with Crippen molar-refractivity contribution in [1.82, 2.24) is 15.6 Å². The third kappa shape index (κ3) is 6.70. The van der Waals surface area contributed by atoms with E-state index in [1.54, 1.807) is 31.4 Å². The van der Waals surface area contributed by atoms with Gasteiger partial charge in [-0.1, -0.05) is 35.3 Å². The molecule has 0 aliphatic rings. The van der Waals surface area contributed by atoms with Gasteiger partial charge >= 0.3 is 0 Å². The van der Waals surface area contributed by atoms with E-state index < -0.39 is 0 Å². The highest BCUT2D eigenvalue weighted by Gasteiger charge is 2.05. The van der Waals surface area contributed by atoms with Crippen LogP contribution < -0.4 is 15.4 Å². The first-order valence-electron chi connectivity index (χ1n) is 7.12. The Bertz CT molecular complexity index is 656. The highest BCUT2D eigenvalue weighted by molar-refractivity contribution is 14.0. The van der Waals surface area contributed by atoms with E-state index in [0.29, 0.717) is 41.5 Å². The number of hydrogen-bond donors (Lipinski definition) is 2. The first-order valence-corrected chi connectivity index (χ1v) is 7.87. The van der Waals surface area contributed by atoms with Gasteiger partial charge in [0.15, 0.2) is 5.96 Å². The van der Waals surface area contributed by atoms with E-state index in [9.17, 15) is 0 Å². The van der Waals surface area contributed by atoms with E-state index in [1.165, 1.54) is 0 Å². The summed E-state index contributed by atoms with van der Waals surface area (Å²) in [5.41, 5.74) is 0.942. The maximum absolute atomic E-state index is 6.06. The van der Waals surface area contributed by atoms with Gasteiger partial charge in [0.2, 0.25) is 0 Å². The number of rotatable bonds is 6. The molecule has 0 radical (unpaired) electrons. The number of nitrogens with one attached hydrogen (secondary N) is 2. The van der Waals surface area contributed by atoms with Crippen LogP contribution in [0.25, 0.3) is 0 Å². The maximum atomic E-state index is 6.06. The van der Waals surface area contributed by atoms with E-state index in [1.807, 2.05) is 18.2 Å². The molecule has 2 rings (SSSR count). The zero-order valence-corrected chi connectivity index (χ0v) is 17.0. The lowest BCUT2D eigenvalue weighted by molar-refractivity contribution is 0.322. The molecule has 0 fully saturated rings. The van der Waals surface area contributed by atoms with Crippen molar-refractivity contribution in [1.29, 1.82) is 0 Å². The van der Waals surface area contributed by atoms with Crippen molar-refractivity contribution >= 4 is 53.1 Å². The minimum Gasteiger partial charge on any atom is -0.490 e. The van der Waals surface area contributed by atoms with Crippen molar-refractivity contribution in [2.24, 2.45) is 4.99 Å². The fourth-order valence-electron chi connectivity index (χ4n) is 1.82. The Morgan fingerprint density at radius 3 is 2.71 bits per heavy atom. The van der Waals surface area contributed by atoms with Gasteiger partial charge in [0.05, 0.1) is 23.8 Å². The summed E-state index contributed by atoms with van der Waals surface area (Å²) < 4.78 is 5.60. The number of hydrogen-bond acceptors (Lipinski definition) is 3. The van der Waals surface area contributed by atoms with Crippen LogP contribution in [0, 0.1) is 0 Å². The molecule has 0 aliphatic carbocycles. The Morgan fingerprint density at radius 1 is 1.17 bits per heavy atom. The first-order chi connectivity index (χ1) is 11.2. The molecule has 2 aromatic rings. The van der Waals surface area contributed by atoms with Crippen LogP contribution in [0.15, 0.2) is 47.6 Å². The molecule has 1 aromatic carbocycles. The third-order valence-corrected chi connectivity index (χ3v) is 3.76. The molecular weight excluding hydrogens is 462 g/mol. The number of aliphatic imine (C=N–C) groups is 1. The standard InChI is InChI=1S/C16H18Cl2N4O.HI/c1-19-16(22-11-12-5-2-3-8-20-12)21-9-10-23-14-7-4-6-13(17)15(14)18;/h2-8H,9-11H2,1H3,(H2,19,21,22);1H. The fraction of sp³-hybridized carbons (Fsp3) is 0.250. The predicted molar refractivity (Wildman–Crippen MR) is 110 cm³/mol. The molecule has 1 aromatic heterocycles. The monoisotopic (exact) mass is 480 g/mol. The minimum atomic E-state index is 0. The van der Waals surface area contributed by atoms with E-state index >= 15 is 0 Å². The molecule has 2 N–H and O–H groups in total. The van der Waals surface area contributed by atoms with Gasteiger partial charge in [-0.15, -0.1) is 24.0 Å². The molecular formula is C16H19Cl2IN4O. The molecule has 24 heavy (non-hydrogen) atoms. The summed E-state index contributed by atoms with van der Waals surface area (Å²) in [7, 11) is 1.71. The zero-order valence-electron chi connectivity index (χ0n) is 13.1. The Hall–Kier alpha value is -1.25. The van der Waals surface area contributed by atoms with Crippen LogP contribution in [0.5, 0.6) is 5.75 Å². The van der Waals surface area contributed by atoms with Crippen molar-refractivity contribution in [3.8, 4) is 5.75 Å². The lowest BCUT2D eigenvalue weighted by Crippen LogP contribution is -2.39. The molecule has 0 saturated carbocycles. The van der Waals surface area contributed by atoms with Crippen molar-refractivity contribution in [2.75, 3.05) is 20.2 Å². The summed E-state index contributed by atoms with van der Waals surface area (Å²) in [6.45, 7) is 1.61. The molecule has 0 bridgehead atoms. The van der Waals surface area contributed by atoms with Crippen LogP contribution in [0.2, 0.25) is 10.0 Å². The van der Waals surface area contributed by atoms with Gasteiger partial charge in [-0.05, 0) is 24.3 Å². The largest absolute Gasteiger partial charge is 0.490 e. The second-order valence-corrected chi connectivity index (χ2v) is 5.36. The smallest absolute Gasteiger partial charge is 0.191 e. The normalized spacial score (nSPS) is 10.7. The second kappa shape index (κ2) is 11.3. The highest BCUT2D eigenvalue weighted by atomic mass is 127. The Morgan fingerprint density at radius 2 is 2.00 bits per heavy atom. The van der Waals surface area contributed by atoms with Crippen molar-refractivity contribution in [3.63, 3.8) is 0 Å². The molecule has 130 valence electrons. The van der Waals surface area contributed by atoms with Gasteiger partial charge in [-0.25, -0.2) is 0 Å². The average molecular weight is 481 g/mol. The Balaban J connectivity index is 0.00000288. The summed E-state index contributed by atoms with van der Waals surface area (Å²) in [5.74, 6) is 1.24. The number of halogens is 3. The van der Waals surface area contributed by atoms with Gasteiger partial charge in [0, 0.05) is 13.2 Å². The molecule has 0 atom stereocenters. The second-order valence-electron chi connectivity index (χ2n) is 4.57. The van der Waals surface area contributed by atoms with Gasteiger partial charge in [0.1, 0.15) is 17.4 Å². The van der Waals surface area contributed by atoms with Gasteiger partial charge in [0.25, 0.3) is 0 Å². The van der Waals surface area contributed by atoms with E-state index in [4.69, 9.17) is 27.9 Å². The van der Waals surface area contributed by atoms with Gasteiger partial charge < -0.3 is 15.4 Å². The maximum Gasteiger partial charge on any atom is 0.191 e. The molecule has 0 unspecified atom stereocenters. The average Bonchev–Trinajstić information content (AvgIpc) is 2.58. The van der Waals surface area contributed by atoms with Gasteiger partial charge in [-0.2, -0.15) is 0 Å². The number of guanidine groups is 1. The number of pyridine rings is 1. The number of ether oxygens (including phenoxy) is 1. The topological polar surface area (TPSA) is 58.5 Å². The van der Waals surface area contributed by atoms with Crippen molar-refractivity contribution in [3.05, 3.63) is 58.3 Å².